The van der Waals surface area contributed by atoms with E-state index in [2.05, 4.69) is 10.6 Å². The zero-order chi connectivity index (χ0) is 21.4. The van der Waals surface area contributed by atoms with Crippen LogP contribution >= 0.6 is 0 Å². The molecule has 0 radical (unpaired) electrons. The van der Waals surface area contributed by atoms with Crippen molar-refractivity contribution in [1.29, 1.82) is 0 Å². The summed E-state index contributed by atoms with van der Waals surface area (Å²) in [5, 5.41) is 5.23. The zero-order valence-corrected chi connectivity index (χ0v) is 16.7. The molecular weight excluding hydrogens is 374 g/mol. The summed E-state index contributed by atoms with van der Waals surface area (Å²) in [6.07, 6.45) is -0.00979. The second kappa shape index (κ2) is 10.1. The first-order valence-corrected chi connectivity index (χ1v) is 9.08. The number of hydrogen-bond donors (Lipinski definition) is 3. The Labute approximate surface area is 169 Å². The van der Waals surface area contributed by atoms with Crippen LogP contribution in [0.25, 0.3) is 0 Å². The van der Waals surface area contributed by atoms with Gasteiger partial charge in [0.05, 0.1) is 19.8 Å². The average molecular weight is 399 g/mol. The van der Waals surface area contributed by atoms with Crippen LogP contribution in [0.5, 0.6) is 11.5 Å². The molecule has 8 heteroatoms. The molecule has 0 saturated heterocycles. The van der Waals surface area contributed by atoms with Gasteiger partial charge in [0.2, 0.25) is 5.91 Å². The van der Waals surface area contributed by atoms with Crippen LogP contribution < -0.4 is 25.8 Å². The third kappa shape index (κ3) is 6.53. The number of hydrogen-bond acceptors (Lipinski definition) is 5. The molecule has 0 aliphatic rings. The molecule has 0 aliphatic heterocycles. The lowest BCUT2D eigenvalue weighted by Crippen LogP contribution is -2.33. The molecule has 2 aromatic carbocycles. The standard InChI is InChI=1S/C21H25N3O5/c1-13(2)29-17-9-8-16(10-18(17)28-3)21(27)23-11-14-4-6-15(7-5-14)20(26)24-12-19(22)25/h4-10,13H,11-12H2,1-3H3,(H2,22,25)(H,23,27)(H,24,26). The molecule has 0 aromatic heterocycles. The van der Waals surface area contributed by atoms with Crippen molar-refractivity contribution in [2.45, 2.75) is 26.5 Å². The molecule has 2 aromatic rings. The van der Waals surface area contributed by atoms with Gasteiger partial charge in [-0.25, -0.2) is 0 Å². The Kier molecular flexibility index (Phi) is 7.59. The number of benzene rings is 2. The van der Waals surface area contributed by atoms with Gasteiger partial charge in [0, 0.05) is 17.7 Å². The zero-order valence-electron chi connectivity index (χ0n) is 16.7. The van der Waals surface area contributed by atoms with Gasteiger partial charge < -0.3 is 25.8 Å². The maximum absolute atomic E-state index is 12.4. The Morgan fingerprint density at radius 2 is 1.55 bits per heavy atom. The van der Waals surface area contributed by atoms with Crippen LogP contribution in [0.15, 0.2) is 42.5 Å². The van der Waals surface area contributed by atoms with Crippen LogP contribution in [0, 0.1) is 0 Å². The summed E-state index contributed by atoms with van der Waals surface area (Å²) in [7, 11) is 1.52. The van der Waals surface area contributed by atoms with Crippen molar-refractivity contribution >= 4 is 17.7 Å². The Bertz CT molecular complexity index is 878. The summed E-state index contributed by atoms with van der Waals surface area (Å²) in [6.45, 7) is 3.88. The van der Waals surface area contributed by atoms with E-state index >= 15 is 0 Å². The van der Waals surface area contributed by atoms with Crippen molar-refractivity contribution < 1.29 is 23.9 Å². The average Bonchev–Trinajstić information content (AvgIpc) is 2.70. The highest BCUT2D eigenvalue weighted by Gasteiger charge is 2.12. The van der Waals surface area contributed by atoms with Crippen LogP contribution in [-0.2, 0) is 11.3 Å². The third-order valence-electron chi connectivity index (χ3n) is 3.88. The predicted molar refractivity (Wildman–Crippen MR) is 108 cm³/mol. The fraction of sp³-hybridized carbons (Fsp3) is 0.286. The van der Waals surface area contributed by atoms with Gasteiger partial charge in [-0.05, 0) is 49.7 Å². The maximum atomic E-state index is 12.4. The number of primary amides is 1. The molecule has 0 spiro atoms. The van der Waals surface area contributed by atoms with E-state index in [0.29, 0.717) is 22.6 Å². The molecule has 0 fully saturated rings. The van der Waals surface area contributed by atoms with Crippen LogP contribution in [0.3, 0.4) is 0 Å². The fourth-order valence-corrected chi connectivity index (χ4v) is 2.49. The molecule has 0 saturated carbocycles. The van der Waals surface area contributed by atoms with Gasteiger partial charge in [-0.2, -0.15) is 0 Å². The summed E-state index contributed by atoms with van der Waals surface area (Å²) >= 11 is 0. The number of amides is 3. The van der Waals surface area contributed by atoms with E-state index in [-0.39, 0.29) is 25.1 Å². The van der Waals surface area contributed by atoms with E-state index in [1.54, 1.807) is 42.5 Å². The van der Waals surface area contributed by atoms with Crippen molar-refractivity contribution in [1.82, 2.24) is 10.6 Å². The monoisotopic (exact) mass is 399 g/mol. The summed E-state index contributed by atoms with van der Waals surface area (Å²) < 4.78 is 10.9. The normalized spacial score (nSPS) is 10.3. The minimum Gasteiger partial charge on any atom is -0.493 e. The number of methoxy groups -OCH3 is 1. The number of carbonyl (C=O) groups excluding carboxylic acids is 3. The topological polar surface area (TPSA) is 120 Å². The molecule has 154 valence electrons. The minimum absolute atomic E-state index is 0.00979. The van der Waals surface area contributed by atoms with Gasteiger partial charge in [-0.1, -0.05) is 12.1 Å². The lowest BCUT2D eigenvalue weighted by molar-refractivity contribution is -0.117. The van der Waals surface area contributed by atoms with Crippen LogP contribution in [0.4, 0.5) is 0 Å². The lowest BCUT2D eigenvalue weighted by atomic mass is 10.1. The molecule has 2 rings (SSSR count). The Morgan fingerprint density at radius 3 is 2.14 bits per heavy atom. The predicted octanol–water partition coefficient (Wildman–Crippen LogP) is 1.63. The molecular formula is C21H25N3O5. The van der Waals surface area contributed by atoms with E-state index in [1.807, 2.05) is 13.8 Å². The lowest BCUT2D eigenvalue weighted by Gasteiger charge is -2.14. The fourth-order valence-electron chi connectivity index (χ4n) is 2.49. The van der Waals surface area contributed by atoms with E-state index in [9.17, 15) is 14.4 Å². The molecule has 4 N–H and O–H groups in total. The van der Waals surface area contributed by atoms with E-state index in [0.717, 1.165) is 5.56 Å². The van der Waals surface area contributed by atoms with Gasteiger partial charge in [0.1, 0.15) is 0 Å². The van der Waals surface area contributed by atoms with Crippen molar-refractivity contribution in [3.63, 3.8) is 0 Å². The van der Waals surface area contributed by atoms with Gasteiger partial charge in [-0.3, -0.25) is 14.4 Å². The largest absolute Gasteiger partial charge is 0.493 e. The summed E-state index contributed by atoms with van der Waals surface area (Å²) in [5.74, 6) is -0.210. The number of nitrogens with one attached hydrogen (secondary N) is 2. The summed E-state index contributed by atoms with van der Waals surface area (Å²) in [5.41, 5.74) is 6.65. The van der Waals surface area contributed by atoms with E-state index in [1.165, 1.54) is 7.11 Å². The molecule has 29 heavy (non-hydrogen) atoms. The smallest absolute Gasteiger partial charge is 0.251 e. The first-order valence-electron chi connectivity index (χ1n) is 9.08. The summed E-state index contributed by atoms with van der Waals surface area (Å²) in [6, 6.07) is 11.7. The van der Waals surface area contributed by atoms with Gasteiger partial charge >= 0.3 is 0 Å². The van der Waals surface area contributed by atoms with E-state index < -0.39 is 11.8 Å². The Balaban J connectivity index is 1.96. The highest BCUT2D eigenvalue weighted by atomic mass is 16.5. The van der Waals surface area contributed by atoms with E-state index in [4.69, 9.17) is 15.2 Å². The number of nitrogens with two attached hydrogens (primary N) is 1. The third-order valence-corrected chi connectivity index (χ3v) is 3.88. The SMILES string of the molecule is COc1cc(C(=O)NCc2ccc(C(=O)NCC(N)=O)cc2)ccc1OC(C)C. The maximum Gasteiger partial charge on any atom is 0.251 e. The number of carbonyl (C=O) groups is 3. The van der Waals surface area contributed by atoms with Gasteiger partial charge in [-0.15, -0.1) is 0 Å². The molecule has 0 heterocycles. The van der Waals surface area contributed by atoms with Crippen molar-refractivity contribution in [2.24, 2.45) is 5.73 Å². The van der Waals surface area contributed by atoms with Crippen LogP contribution in [-0.4, -0.2) is 37.5 Å². The van der Waals surface area contributed by atoms with Gasteiger partial charge in [0.25, 0.3) is 11.8 Å². The highest BCUT2D eigenvalue weighted by molar-refractivity contribution is 5.96. The molecule has 0 unspecified atom stereocenters. The van der Waals surface area contributed by atoms with Crippen molar-refractivity contribution in [3.05, 3.63) is 59.2 Å². The van der Waals surface area contributed by atoms with Crippen LogP contribution in [0.1, 0.15) is 40.1 Å². The summed E-state index contributed by atoms with van der Waals surface area (Å²) in [4.78, 5) is 35.0. The second-order valence-corrected chi connectivity index (χ2v) is 6.56. The second-order valence-electron chi connectivity index (χ2n) is 6.56. The first-order chi connectivity index (χ1) is 13.8. The van der Waals surface area contributed by atoms with Crippen molar-refractivity contribution in [2.75, 3.05) is 13.7 Å². The van der Waals surface area contributed by atoms with Crippen molar-refractivity contribution in [3.8, 4) is 11.5 Å². The molecule has 8 nitrogen and oxygen atoms in total. The Morgan fingerprint density at radius 1 is 0.931 bits per heavy atom. The molecule has 3 amide bonds. The minimum atomic E-state index is -0.613. The quantitative estimate of drug-likeness (QED) is 0.592. The molecule has 0 atom stereocenters. The molecule has 0 bridgehead atoms. The first kappa shape index (κ1) is 21.7. The number of rotatable bonds is 9. The van der Waals surface area contributed by atoms with Crippen LogP contribution in [0.2, 0.25) is 0 Å². The number of ether oxygens (including phenoxy) is 2. The molecule has 0 aliphatic carbocycles. The highest BCUT2D eigenvalue weighted by Crippen LogP contribution is 2.29. The Hall–Kier alpha value is -3.55. The van der Waals surface area contributed by atoms with Gasteiger partial charge in [0.15, 0.2) is 11.5 Å².